The minimum Gasteiger partial charge on any atom is -0.349 e. The van der Waals surface area contributed by atoms with Gasteiger partial charge in [-0.25, -0.2) is 27.1 Å². The Morgan fingerprint density at radius 2 is 1.64 bits per heavy atom. The number of halogens is 7. The molecule has 0 spiro atoms. The summed E-state index contributed by atoms with van der Waals surface area (Å²) >= 11 is 0. The van der Waals surface area contributed by atoms with E-state index >= 15 is 0 Å². The second kappa shape index (κ2) is 12.4. The first-order chi connectivity index (χ1) is 22.1. The zero-order valence-corrected chi connectivity index (χ0v) is 25.7. The monoisotopic (exact) mass is 671 g/mol. The van der Waals surface area contributed by atoms with E-state index in [4.69, 9.17) is 4.98 Å². The maximum Gasteiger partial charge on any atom is 0.390 e. The van der Waals surface area contributed by atoms with Gasteiger partial charge < -0.3 is 10.6 Å². The SMILES string of the molecule is Cc1c(C(=O)N[C@H](c2cn3ncc([C@H](NC(=O)CC4CC(F)(F)C4)C4CC4)cc3n2)C2CCC(F)(F)CC2)cnn1CCC(F)(F)F. The summed E-state index contributed by atoms with van der Waals surface area (Å²) in [5, 5.41) is 14.3. The number of nitrogens with zero attached hydrogens (tertiary/aromatic N) is 5. The molecule has 2 amide bonds. The van der Waals surface area contributed by atoms with Crippen molar-refractivity contribution in [2.45, 2.75) is 108 Å². The van der Waals surface area contributed by atoms with Gasteiger partial charge in [-0.1, -0.05) is 0 Å². The molecular formula is C31H36F7N7O2. The molecule has 3 heterocycles. The Morgan fingerprint density at radius 1 is 0.957 bits per heavy atom. The Bertz CT molecular complexity index is 1610. The Morgan fingerprint density at radius 3 is 2.28 bits per heavy atom. The van der Waals surface area contributed by atoms with Gasteiger partial charge in [0.15, 0.2) is 5.65 Å². The molecule has 6 rings (SSSR count). The summed E-state index contributed by atoms with van der Waals surface area (Å²) in [6, 6.07) is 0.565. The molecule has 0 aliphatic heterocycles. The highest BCUT2D eigenvalue weighted by Gasteiger charge is 2.46. The molecule has 3 aliphatic carbocycles. The van der Waals surface area contributed by atoms with Crippen LogP contribution in [0.4, 0.5) is 30.7 Å². The number of hydrogen-bond donors (Lipinski definition) is 2. The fourth-order valence-corrected chi connectivity index (χ4v) is 6.73. The summed E-state index contributed by atoms with van der Waals surface area (Å²) in [6.45, 7) is 1.03. The van der Waals surface area contributed by atoms with Crippen molar-refractivity contribution in [2.75, 3.05) is 0 Å². The van der Waals surface area contributed by atoms with E-state index in [0.717, 1.165) is 17.5 Å². The molecule has 0 unspecified atom stereocenters. The molecule has 3 aromatic rings. The molecule has 3 aromatic heterocycles. The Labute approximate surface area is 265 Å². The number of amides is 2. The van der Waals surface area contributed by atoms with Crippen molar-refractivity contribution in [3.8, 4) is 0 Å². The van der Waals surface area contributed by atoms with Gasteiger partial charge in [0.1, 0.15) is 0 Å². The Balaban J connectivity index is 1.22. The Hall–Kier alpha value is -3.72. The minimum atomic E-state index is -4.40. The highest BCUT2D eigenvalue weighted by Crippen LogP contribution is 2.45. The van der Waals surface area contributed by atoms with E-state index in [-0.39, 0.29) is 80.0 Å². The van der Waals surface area contributed by atoms with Crippen LogP contribution in [0.15, 0.2) is 24.7 Å². The first-order valence-corrected chi connectivity index (χ1v) is 15.9. The van der Waals surface area contributed by atoms with E-state index in [1.165, 1.54) is 17.6 Å². The third-order valence-corrected chi connectivity index (χ3v) is 9.57. The second-order valence-electron chi connectivity index (χ2n) is 13.4. The molecular weight excluding hydrogens is 635 g/mol. The fourth-order valence-electron chi connectivity index (χ4n) is 6.73. The average Bonchev–Trinajstić information content (AvgIpc) is 3.61. The van der Waals surface area contributed by atoms with Crippen LogP contribution in [-0.4, -0.2) is 54.2 Å². The van der Waals surface area contributed by atoms with Crippen LogP contribution >= 0.6 is 0 Å². The van der Waals surface area contributed by atoms with Crippen molar-refractivity contribution in [3.05, 3.63) is 47.2 Å². The van der Waals surface area contributed by atoms with Gasteiger partial charge in [0, 0.05) is 44.3 Å². The van der Waals surface area contributed by atoms with Crippen molar-refractivity contribution in [3.63, 3.8) is 0 Å². The van der Waals surface area contributed by atoms with Crippen molar-refractivity contribution in [1.82, 2.24) is 35.0 Å². The van der Waals surface area contributed by atoms with Gasteiger partial charge in [0.2, 0.25) is 17.8 Å². The number of rotatable bonds is 11. The zero-order valence-electron chi connectivity index (χ0n) is 25.7. The van der Waals surface area contributed by atoms with Crippen LogP contribution in [0.1, 0.15) is 104 Å². The smallest absolute Gasteiger partial charge is 0.349 e. The van der Waals surface area contributed by atoms with Crippen LogP contribution in [0.5, 0.6) is 0 Å². The minimum absolute atomic E-state index is 0.0184. The van der Waals surface area contributed by atoms with Gasteiger partial charge in [-0.05, 0) is 62.0 Å². The van der Waals surface area contributed by atoms with Crippen LogP contribution in [0.2, 0.25) is 0 Å². The van der Waals surface area contributed by atoms with E-state index < -0.39 is 48.9 Å². The molecule has 0 radical (unpaired) electrons. The number of hydrogen-bond acceptors (Lipinski definition) is 5. The molecule has 3 aliphatic rings. The average molecular weight is 672 g/mol. The highest BCUT2D eigenvalue weighted by molar-refractivity contribution is 5.95. The zero-order chi connectivity index (χ0) is 33.7. The van der Waals surface area contributed by atoms with E-state index in [2.05, 4.69) is 20.8 Å². The van der Waals surface area contributed by atoms with E-state index in [1.807, 2.05) is 0 Å². The summed E-state index contributed by atoms with van der Waals surface area (Å²) in [5.41, 5.74) is 1.76. The van der Waals surface area contributed by atoms with Gasteiger partial charge in [0.25, 0.3) is 5.91 Å². The van der Waals surface area contributed by atoms with Gasteiger partial charge in [-0.15, -0.1) is 0 Å². The number of fused-ring (bicyclic) bond motifs is 1. The predicted octanol–water partition coefficient (Wildman–Crippen LogP) is 6.49. The van der Waals surface area contributed by atoms with Gasteiger partial charge in [0.05, 0.1) is 48.4 Å². The molecule has 0 aromatic carbocycles. The molecule has 3 saturated carbocycles. The lowest BCUT2D eigenvalue weighted by atomic mass is 9.79. The lowest BCUT2D eigenvalue weighted by Gasteiger charge is -2.34. The van der Waals surface area contributed by atoms with Crippen LogP contribution in [0, 0.1) is 24.7 Å². The van der Waals surface area contributed by atoms with Crippen molar-refractivity contribution in [2.24, 2.45) is 17.8 Å². The summed E-state index contributed by atoms with van der Waals surface area (Å²) < 4.78 is 95.6. The van der Waals surface area contributed by atoms with Crippen LogP contribution in [-0.2, 0) is 11.3 Å². The molecule has 256 valence electrons. The molecule has 0 bridgehead atoms. The fraction of sp³-hybridized carbons (Fsp3) is 0.645. The maximum atomic E-state index is 14.1. The first kappa shape index (κ1) is 33.2. The third kappa shape index (κ3) is 7.88. The lowest BCUT2D eigenvalue weighted by Crippen LogP contribution is -2.39. The largest absolute Gasteiger partial charge is 0.390 e. The summed E-state index contributed by atoms with van der Waals surface area (Å²) in [5.74, 6) is -7.04. The predicted molar refractivity (Wildman–Crippen MR) is 154 cm³/mol. The Kier molecular flexibility index (Phi) is 8.74. The van der Waals surface area contributed by atoms with Gasteiger partial charge in [-0.2, -0.15) is 23.4 Å². The highest BCUT2D eigenvalue weighted by atomic mass is 19.4. The second-order valence-corrected chi connectivity index (χ2v) is 13.4. The van der Waals surface area contributed by atoms with Crippen LogP contribution < -0.4 is 10.6 Å². The lowest BCUT2D eigenvalue weighted by molar-refractivity contribution is -0.137. The summed E-state index contributed by atoms with van der Waals surface area (Å²) in [4.78, 5) is 30.9. The van der Waals surface area contributed by atoms with Crippen LogP contribution in [0.25, 0.3) is 5.65 Å². The third-order valence-electron chi connectivity index (χ3n) is 9.57. The standard InChI is InChI=1S/C31H36F7N7O2/c1-17-22(15-40-44(17)9-8-31(36,37)38)28(47)43-27(20-4-6-29(32,33)7-5-20)23-16-45-24(41-23)11-21(14-39-45)26(19-2-3-19)42-25(46)10-18-12-30(34,35)13-18/h11,14-16,18-20,26-27H,2-10,12-13H2,1H3,(H,42,46)(H,43,47)/t26-,27+/m1/s1. The molecule has 9 nitrogen and oxygen atoms in total. The number of imidazole rings is 1. The van der Waals surface area contributed by atoms with Crippen LogP contribution in [0.3, 0.4) is 0 Å². The normalized spacial score (nSPS) is 21.3. The molecule has 3 fully saturated rings. The number of alkyl halides is 7. The van der Waals surface area contributed by atoms with Gasteiger partial charge >= 0.3 is 6.18 Å². The van der Waals surface area contributed by atoms with Gasteiger partial charge in [-0.3, -0.25) is 14.3 Å². The summed E-state index contributed by atoms with van der Waals surface area (Å²) in [6.07, 6.45) is -0.469. The summed E-state index contributed by atoms with van der Waals surface area (Å²) in [7, 11) is 0. The van der Waals surface area contributed by atoms with Crippen molar-refractivity contribution < 1.29 is 40.3 Å². The topological polar surface area (TPSA) is 106 Å². The molecule has 2 N–H and O–H groups in total. The molecule has 0 saturated heterocycles. The number of aryl methyl sites for hydroxylation is 1. The quantitative estimate of drug-likeness (QED) is 0.227. The number of nitrogens with one attached hydrogen (secondary N) is 2. The van der Waals surface area contributed by atoms with E-state index in [1.54, 1.807) is 18.5 Å². The number of aromatic nitrogens is 5. The number of carbonyl (C=O) groups is 2. The van der Waals surface area contributed by atoms with Crippen molar-refractivity contribution in [1.29, 1.82) is 0 Å². The molecule has 2 atom stereocenters. The molecule has 16 heteroatoms. The first-order valence-electron chi connectivity index (χ1n) is 15.9. The number of carbonyl (C=O) groups excluding carboxylic acids is 2. The van der Waals surface area contributed by atoms with E-state index in [9.17, 15) is 40.3 Å². The molecule has 47 heavy (non-hydrogen) atoms. The van der Waals surface area contributed by atoms with E-state index in [0.29, 0.717) is 16.9 Å². The van der Waals surface area contributed by atoms with Crippen molar-refractivity contribution >= 4 is 17.5 Å². The maximum absolute atomic E-state index is 14.1.